The van der Waals surface area contributed by atoms with E-state index in [0.717, 1.165) is 12.0 Å². The van der Waals surface area contributed by atoms with Gasteiger partial charge in [0.25, 0.3) is 0 Å². The lowest BCUT2D eigenvalue weighted by atomic mass is 9.69. The molecule has 0 saturated heterocycles. The molecule has 14 heavy (non-hydrogen) atoms. The first-order chi connectivity index (χ1) is 6.41. The predicted octanol–water partition coefficient (Wildman–Crippen LogP) is 3.34. The van der Waals surface area contributed by atoms with E-state index in [1.807, 2.05) is 13.8 Å². The number of Topliss-reactive ketones (excluding diaryl/α,β-unsaturated/α-hetero) is 1. The van der Waals surface area contributed by atoms with Crippen LogP contribution < -0.4 is 0 Å². The zero-order chi connectivity index (χ0) is 10.9. The lowest BCUT2D eigenvalue weighted by Crippen LogP contribution is -2.42. The number of carbonyl (C=O) groups is 1. The average Bonchev–Trinajstić information content (AvgIpc) is 2.13. The molecule has 0 aliphatic heterocycles. The first-order valence-corrected chi connectivity index (χ1v) is 5.31. The molecule has 0 aromatic carbocycles. The van der Waals surface area contributed by atoms with Gasteiger partial charge in [-0.1, -0.05) is 18.2 Å². The lowest BCUT2D eigenvalue weighted by Gasteiger charge is -2.38. The summed E-state index contributed by atoms with van der Waals surface area (Å²) in [6.07, 6.45) is 3.06. The van der Waals surface area contributed by atoms with Crippen molar-refractivity contribution in [2.75, 3.05) is 0 Å². The second kappa shape index (κ2) is 3.90. The van der Waals surface area contributed by atoms with E-state index in [9.17, 15) is 4.79 Å². The fourth-order valence-electron chi connectivity index (χ4n) is 1.81. The molecule has 1 fully saturated rings. The van der Waals surface area contributed by atoms with Crippen LogP contribution in [0.2, 0.25) is 0 Å². The van der Waals surface area contributed by atoms with Crippen LogP contribution >= 0.6 is 11.6 Å². The van der Waals surface area contributed by atoms with E-state index >= 15 is 0 Å². The van der Waals surface area contributed by atoms with Crippen molar-refractivity contribution in [2.24, 2.45) is 11.3 Å². The molecule has 1 nitrogen and oxygen atoms in total. The summed E-state index contributed by atoms with van der Waals surface area (Å²) < 4.78 is 0. The van der Waals surface area contributed by atoms with Crippen LogP contribution in [0.25, 0.3) is 0 Å². The molecule has 0 aromatic heterocycles. The molecule has 1 rings (SSSR count). The SMILES string of the molecule is C=C[C@]1(C)C(=O)C[C@H](C(=C)C)C[C@@H]1Cl. The van der Waals surface area contributed by atoms with Gasteiger partial charge in [0.05, 0.1) is 5.41 Å². The Morgan fingerprint density at radius 1 is 1.71 bits per heavy atom. The summed E-state index contributed by atoms with van der Waals surface area (Å²) in [6, 6.07) is 0. The van der Waals surface area contributed by atoms with Gasteiger partial charge in [-0.05, 0) is 26.2 Å². The van der Waals surface area contributed by atoms with E-state index in [4.69, 9.17) is 11.6 Å². The fraction of sp³-hybridized carbons (Fsp3) is 0.583. The summed E-state index contributed by atoms with van der Waals surface area (Å²) in [4.78, 5) is 11.9. The monoisotopic (exact) mass is 212 g/mol. The third-order valence-electron chi connectivity index (χ3n) is 3.30. The molecular formula is C12H17ClO. The summed E-state index contributed by atoms with van der Waals surface area (Å²) in [5, 5.41) is -0.150. The van der Waals surface area contributed by atoms with Gasteiger partial charge in [-0.25, -0.2) is 0 Å². The molecule has 0 spiro atoms. The van der Waals surface area contributed by atoms with Crippen molar-refractivity contribution in [3.63, 3.8) is 0 Å². The van der Waals surface area contributed by atoms with Gasteiger partial charge in [0.15, 0.2) is 0 Å². The van der Waals surface area contributed by atoms with Crippen LogP contribution in [0, 0.1) is 11.3 Å². The highest BCUT2D eigenvalue weighted by molar-refractivity contribution is 6.23. The molecule has 0 radical (unpaired) electrons. The number of alkyl halides is 1. The Kier molecular flexibility index (Phi) is 3.20. The molecule has 0 unspecified atom stereocenters. The van der Waals surface area contributed by atoms with Crippen LogP contribution in [0.4, 0.5) is 0 Å². The van der Waals surface area contributed by atoms with Gasteiger partial charge in [-0.15, -0.1) is 18.2 Å². The number of ketones is 1. The minimum atomic E-state index is -0.548. The normalized spacial score (nSPS) is 38.1. The van der Waals surface area contributed by atoms with Gasteiger partial charge in [0, 0.05) is 11.8 Å². The van der Waals surface area contributed by atoms with Crippen molar-refractivity contribution in [2.45, 2.75) is 32.1 Å². The summed E-state index contributed by atoms with van der Waals surface area (Å²) in [5.41, 5.74) is 0.503. The van der Waals surface area contributed by atoms with E-state index in [1.54, 1.807) is 6.08 Å². The van der Waals surface area contributed by atoms with Crippen LogP contribution in [0.1, 0.15) is 26.7 Å². The van der Waals surface area contributed by atoms with Crippen LogP contribution in [0.3, 0.4) is 0 Å². The van der Waals surface area contributed by atoms with Gasteiger partial charge in [0.1, 0.15) is 5.78 Å². The zero-order valence-corrected chi connectivity index (χ0v) is 9.60. The zero-order valence-electron chi connectivity index (χ0n) is 8.85. The number of carbonyl (C=O) groups excluding carboxylic acids is 1. The standard InChI is InChI=1S/C12H17ClO/c1-5-12(4)10(13)6-9(8(2)3)7-11(12)14/h5,9-10H,1-2,6-7H2,3-4H3/t9-,10+,12+/m1/s1. The largest absolute Gasteiger partial charge is 0.299 e. The van der Waals surface area contributed by atoms with Gasteiger partial charge in [-0.2, -0.15) is 0 Å². The summed E-state index contributed by atoms with van der Waals surface area (Å²) in [7, 11) is 0. The van der Waals surface area contributed by atoms with Crippen molar-refractivity contribution in [3.05, 3.63) is 24.8 Å². The van der Waals surface area contributed by atoms with Gasteiger partial charge >= 0.3 is 0 Å². The Bertz CT molecular complexity index is 282. The van der Waals surface area contributed by atoms with Crippen molar-refractivity contribution in [1.82, 2.24) is 0 Å². The number of rotatable bonds is 2. The number of halogens is 1. The molecule has 0 aromatic rings. The highest BCUT2D eigenvalue weighted by Crippen LogP contribution is 2.42. The topological polar surface area (TPSA) is 17.1 Å². The highest BCUT2D eigenvalue weighted by atomic mass is 35.5. The molecule has 1 aliphatic carbocycles. The molecule has 1 aliphatic rings. The molecule has 1 saturated carbocycles. The molecule has 0 N–H and O–H groups in total. The van der Waals surface area contributed by atoms with Crippen LogP contribution in [0.15, 0.2) is 24.8 Å². The Balaban J connectivity index is 2.88. The molecule has 0 heterocycles. The average molecular weight is 213 g/mol. The quantitative estimate of drug-likeness (QED) is 0.507. The fourth-order valence-corrected chi connectivity index (χ4v) is 2.24. The Labute approximate surface area is 90.8 Å². The molecule has 3 atom stereocenters. The van der Waals surface area contributed by atoms with Gasteiger partial charge in [0.2, 0.25) is 0 Å². The van der Waals surface area contributed by atoms with Crippen molar-refractivity contribution < 1.29 is 4.79 Å². The molecule has 0 amide bonds. The van der Waals surface area contributed by atoms with E-state index in [2.05, 4.69) is 13.2 Å². The first-order valence-electron chi connectivity index (χ1n) is 4.88. The minimum Gasteiger partial charge on any atom is -0.299 e. The Morgan fingerprint density at radius 2 is 2.29 bits per heavy atom. The smallest absolute Gasteiger partial charge is 0.144 e. The summed E-state index contributed by atoms with van der Waals surface area (Å²) in [6.45, 7) is 11.4. The van der Waals surface area contributed by atoms with E-state index in [1.165, 1.54) is 0 Å². The van der Waals surface area contributed by atoms with Gasteiger partial charge in [-0.3, -0.25) is 4.79 Å². The molecule has 78 valence electrons. The molecule has 0 bridgehead atoms. The number of hydrogen-bond acceptors (Lipinski definition) is 1. The Morgan fingerprint density at radius 3 is 2.64 bits per heavy atom. The second-order valence-electron chi connectivity index (χ2n) is 4.36. The highest BCUT2D eigenvalue weighted by Gasteiger charge is 2.43. The van der Waals surface area contributed by atoms with Crippen molar-refractivity contribution in [3.8, 4) is 0 Å². The number of hydrogen-bond donors (Lipinski definition) is 0. The van der Waals surface area contributed by atoms with E-state index in [0.29, 0.717) is 6.42 Å². The maximum atomic E-state index is 11.9. The van der Waals surface area contributed by atoms with Crippen molar-refractivity contribution in [1.29, 1.82) is 0 Å². The Hall–Kier alpha value is -0.560. The van der Waals surface area contributed by atoms with E-state index < -0.39 is 5.41 Å². The third-order valence-corrected chi connectivity index (χ3v) is 3.93. The minimum absolute atomic E-state index is 0.150. The molecular weight excluding hydrogens is 196 g/mol. The second-order valence-corrected chi connectivity index (χ2v) is 4.89. The van der Waals surface area contributed by atoms with Crippen LogP contribution in [0.5, 0.6) is 0 Å². The summed E-state index contributed by atoms with van der Waals surface area (Å²) in [5.74, 6) is 0.435. The predicted molar refractivity (Wildman–Crippen MR) is 60.5 cm³/mol. The third kappa shape index (κ3) is 1.78. The van der Waals surface area contributed by atoms with Crippen LogP contribution in [-0.2, 0) is 4.79 Å². The number of allylic oxidation sites excluding steroid dienone is 2. The maximum absolute atomic E-state index is 11.9. The maximum Gasteiger partial charge on any atom is 0.144 e. The molecule has 2 heteroatoms. The van der Waals surface area contributed by atoms with E-state index in [-0.39, 0.29) is 17.1 Å². The van der Waals surface area contributed by atoms with Crippen LogP contribution in [-0.4, -0.2) is 11.2 Å². The summed E-state index contributed by atoms with van der Waals surface area (Å²) >= 11 is 6.22. The lowest BCUT2D eigenvalue weighted by molar-refractivity contribution is -0.128. The van der Waals surface area contributed by atoms with Crippen molar-refractivity contribution >= 4 is 17.4 Å². The van der Waals surface area contributed by atoms with Gasteiger partial charge < -0.3 is 0 Å². The first kappa shape index (κ1) is 11.5.